The van der Waals surface area contributed by atoms with Crippen LogP contribution in [-0.2, 0) is 10.2 Å². The van der Waals surface area contributed by atoms with Gasteiger partial charge in [-0.05, 0) is 0 Å². The zero-order chi connectivity index (χ0) is 5.21. The van der Waals surface area contributed by atoms with E-state index in [2.05, 4.69) is 5.84 Å². The molecule has 6 heavy (non-hydrogen) atoms. The lowest BCUT2D eigenvalue weighted by Crippen LogP contribution is -2.30. The molecule has 0 aromatic heterocycles. The van der Waals surface area contributed by atoms with Crippen molar-refractivity contribution in [3.05, 3.63) is 0 Å². The molecule has 0 aliphatic carbocycles. The highest BCUT2D eigenvalue weighted by Gasteiger charge is 1.91. The first kappa shape index (κ1) is 5.83. The summed E-state index contributed by atoms with van der Waals surface area (Å²) >= 11 is 0. The van der Waals surface area contributed by atoms with Gasteiger partial charge in [-0.25, -0.2) is 0 Å². The van der Waals surface area contributed by atoms with Crippen LogP contribution in [0.15, 0.2) is 0 Å². The maximum Gasteiger partial charge on any atom is 0.303 e. The van der Waals surface area contributed by atoms with Gasteiger partial charge in [0.1, 0.15) is 0 Å². The minimum Gasteiger partial charge on any atom is -0.257 e. The summed E-state index contributed by atoms with van der Waals surface area (Å²) < 4.78 is 18.9. The average Bonchev–Trinajstić information content (AvgIpc) is 1.35. The van der Waals surface area contributed by atoms with Gasteiger partial charge in [-0.2, -0.15) is 8.42 Å². The number of hydrogen-bond acceptors (Lipinski definition) is 3. The zero-order valence-electron chi connectivity index (χ0n) is 2.80. The Hall–Kier alpha value is -0.170. The first-order valence-corrected chi connectivity index (χ1v) is 2.51. The molecule has 0 unspecified atom stereocenters. The Morgan fingerprint density at radius 1 is 1.67 bits per heavy atom. The SMILES string of the molecule is [NH]S(=O)(=O)NN. The summed E-state index contributed by atoms with van der Waals surface area (Å²) in [5.74, 6) is 4.28. The van der Waals surface area contributed by atoms with Gasteiger partial charge >= 0.3 is 10.2 Å². The lowest BCUT2D eigenvalue weighted by Gasteiger charge is -1.83. The maximum absolute atomic E-state index is 9.43. The van der Waals surface area contributed by atoms with Crippen LogP contribution in [0.4, 0.5) is 0 Å². The van der Waals surface area contributed by atoms with E-state index in [9.17, 15) is 8.42 Å². The molecule has 0 saturated carbocycles. The largest absolute Gasteiger partial charge is 0.303 e. The van der Waals surface area contributed by atoms with E-state index in [0.29, 0.717) is 0 Å². The molecule has 0 fully saturated rings. The molecule has 0 spiro atoms. The van der Waals surface area contributed by atoms with Gasteiger partial charge in [0, 0.05) is 0 Å². The summed E-state index contributed by atoms with van der Waals surface area (Å²) in [5, 5.41) is 5.92. The number of hydrogen-bond donors (Lipinski definition) is 2. The maximum atomic E-state index is 9.43. The van der Waals surface area contributed by atoms with Crippen LogP contribution in [0, 0.1) is 0 Å². The molecule has 37 valence electrons. The highest BCUT2D eigenvalue weighted by molar-refractivity contribution is 7.86. The van der Waals surface area contributed by atoms with Crippen molar-refractivity contribution < 1.29 is 8.42 Å². The number of rotatable bonds is 1. The summed E-state index contributed by atoms with van der Waals surface area (Å²) in [4.78, 5) is 1.24. The second kappa shape index (κ2) is 1.52. The molecule has 6 heteroatoms. The Kier molecular flexibility index (Phi) is 1.48. The number of hydrazine groups is 1. The van der Waals surface area contributed by atoms with Crippen molar-refractivity contribution >= 4 is 10.2 Å². The number of nitrogens with one attached hydrogen (secondary N) is 2. The smallest absolute Gasteiger partial charge is 0.257 e. The second-order valence-electron chi connectivity index (χ2n) is 0.621. The van der Waals surface area contributed by atoms with E-state index in [-0.39, 0.29) is 0 Å². The quantitative estimate of drug-likeness (QED) is 0.301. The molecule has 0 saturated heterocycles. The van der Waals surface area contributed by atoms with Crippen LogP contribution in [0.1, 0.15) is 0 Å². The van der Waals surface area contributed by atoms with Crippen LogP contribution in [0.3, 0.4) is 0 Å². The first-order chi connectivity index (χ1) is 2.56. The normalized spacial score (nSPS) is 11.7. The van der Waals surface area contributed by atoms with E-state index in [1.807, 2.05) is 0 Å². The standard InChI is InChI=1S/H4N3O2S/c1-3-6(2,4)5/h2-3H,1H2. The highest BCUT2D eigenvalue weighted by Crippen LogP contribution is 1.55. The molecule has 4 N–H and O–H groups in total. The van der Waals surface area contributed by atoms with Crippen molar-refractivity contribution in [2.24, 2.45) is 5.84 Å². The van der Waals surface area contributed by atoms with Crippen molar-refractivity contribution in [1.82, 2.24) is 9.97 Å². The molecule has 0 atom stereocenters. The van der Waals surface area contributed by atoms with Gasteiger partial charge in [0.25, 0.3) is 0 Å². The fourth-order valence-electron chi connectivity index (χ4n) is 0. The van der Waals surface area contributed by atoms with Crippen LogP contribution in [0.2, 0.25) is 0 Å². The molecule has 5 nitrogen and oxygen atoms in total. The van der Waals surface area contributed by atoms with Crippen molar-refractivity contribution in [1.29, 1.82) is 0 Å². The van der Waals surface area contributed by atoms with Crippen molar-refractivity contribution in [2.75, 3.05) is 0 Å². The zero-order valence-corrected chi connectivity index (χ0v) is 3.62. The summed E-state index contributed by atoms with van der Waals surface area (Å²) in [6.07, 6.45) is 0. The molecule has 0 amide bonds. The second-order valence-corrected chi connectivity index (χ2v) is 1.86. The van der Waals surface area contributed by atoms with Crippen LogP contribution < -0.4 is 15.8 Å². The van der Waals surface area contributed by atoms with Gasteiger partial charge in [0.2, 0.25) is 0 Å². The molecule has 0 aromatic rings. The summed E-state index contributed by atoms with van der Waals surface area (Å²) in [7, 11) is -3.88. The lowest BCUT2D eigenvalue weighted by molar-refractivity contribution is 0.584. The van der Waals surface area contributed by atoms with Gasteiger partial charge in [-0.1, -0.05) is 0 Å². The molecule has 0 aliphatic heterocycles. The third-order valence-corrected chi connectivity index (χ3v) is 0.465. The molecule has 1 radical (unpaired) electrons. The molecular formula is H4N3O2S. The minimum absolute atomic E-state index is 1.24. The summed E-state index contributed by atoms with van der Waals surface area (Å²) in [6, 6.07) is 0. The molecular weight excluding hydrogens is 106 g/mol. The summed E-state index contributed by atoms with van der Waals surface area (Å²) in [5.41, 5.74) is 0. The lowest BCUT2D eigenvalue weighted by atomic mass is 13.0. The molecule has 0 bridgehead atoms. The predicted molar refractivity (Wildman–Crippen MR) is 19.3 cm³/mol. The fraction of sp³-hybridized carbons (Fsp3) is 0. The van der Waals surface area contributed by atoms with Crippen molar-refractivity contribution in [3.63, 3.8) is 0 Å². The van der Waals surface area contributed by atoms with Crippen molar-refractivity contribution in [2.45, 2.75) is 0 Å². The molecule has 0 aliphatic rings. The van der Waals surface area contributed by atoms with Gasteiger partial charge in [-0.3, -0.25) is 5.84 Å². The van der Waals surface area contributed by atoms with E-state index in [1.165, 1.54) is 4.83 Å². The Bertz CT molecular complexity index is 111. The average molecular weight is 110 g/mol. The van der Waals surface area contributed by atoms with Crippen LogP contribution in [-0.4, -0.2) is 8.42 Å². The van der Waals surface area contributed by atoms with Crippen molar-refractivity contribution in [3.8, 4) is 0 Å². The Balaban J connectivity index is 3.85. The Morgan fingerprint density at radius 2 is 1.83 bits per heavy atom. The van der Waals surface area contributed by atoms with Gasteiger partial charge in [-0.15, -0.1) is 9.97 Å². The Morgan fingerprint density at radius 3 is 1.83 bits per heavy atom. The first-order valence-electron chi connectivity index (χ1n) is 1.03. The van der Waals surface area contributed by atoms with Gasteiger partial charge in [0.15, 0.2) is 0 Å². The molecule has 0 rings (SSSR count). The third kappa shape index (κ3) is 3.83. The summed E-state index contributed by atoms with van der Waals surface area (Å²) in [6.45, 7) is 0. The topological polar surface area (TPSA) is 96.0 Å². The van der Waals surface area contributed by atoms with E-state index < -0.39 is 10.2 Å². The van der Waals surface area contributed by atoms with E-state index in [4.69, 9.17) is 5.14 Å². The van der Waals surface area contributed by atoms with Gasteiger partial charge < -0.3 is 0 Å². The molecule has 0 heterocycles. The van der Waals surface area contributed by atoms with Crippen LogP contribution >= 0.6 is 0 Å². The van der Waals surface area contributed by atoms with Crippen LogP contribution in [0.5, 0.6) is 0 Å². The van der Waals surface area contributed by atoms with Crippen LogP contribution in [0.25, 0.3) is 0 Å². The molecule has 0 aromatic carbocycles. The number of nitrogens with two attached hydrogens (primary N) is 1. The predicted octanol–water partition coefficient (Wildman–Crippen LogP) is -2.02. The highest BCUT2D eigenvalue weighted by atomic mass is 32.2. The monoisotopic (exact) mass is 110 g/mol. The fourth-order valence-corrected chi connectivity index (χ4v) is 0. The Labute approximate surface area is 35.5 Å². The van der Waals surface area contributed by atoms with Gasteiger partial charge in [0.05, 0.1) is 0 Å². The third-order valence-electron chi connectivity index (χ3n) is 0.155. The van der Waals surface area contributed by atoms with E-state index >= 15 is 0 Å². The van der Waals surface area contributed by atoms with E-state index in [1.54, 1.807) is 0 Å². The minimum atomic E-state index is -3.88. The van der Waals surface area contributed by atoms with E-state index in [0.717, 1.165) is 0 Å².